The molecule has 0 saturated heterocycles. The average Bonchev–Trinajstić information content (AvgIpc) is 3.02. The van der Waals surface area contributed by atoms with Gasteiger partial charge >= 0.3 is 5.97 Å². The Hall–Kier alpha value is -3.87. The van der Waals surface area contributed by atoms with Gasteiger partial charge in [0.25, 0.3) is 10.1 Å². The molecule has 0 aliphatic heterocycles. The molecule has 4 aromatic carbocycles. The van der Waals surface area contributed by atoms with Crippen LogP contribution in [0, 0.1) is 6.92 Å². The Kier molecular flexibility index (Phi) is 12.3. The molecule has 0 aromatic heterocycles. The van der Waals surface area contributed by atoms with Gasteiger partial charge in [0.05, 0.1) is 51.4 Å². The standard InChI is InChI=1S/C25H21N5O12S4/c1-13-2-4-15(5-3-13)28-30-24-19(46(35,36)37)11-14-10-18(45-42-40-34)23(25(32)21(14)22(24)26)29-27-16-6-8-17(9-7-16)44-38-20(31)12-43-41-39-33/h2-11,32-34H,12,26H2,1H3,(H,35,36,37). The van der Waals surface area contributed by atoms with Crippen molar-refractivity contribution in [2.45, 2.75) is 21.6 Å². The highest BCUT2D eigenvalue weighted by molar-refractivity contribution is 7.96. The Balaban J connectivity index is 1.71. The van der Waals surface area contributed by atoms with Crippen molar-refractivity contribution < 1.29 is 56.3 Å². The zero-order valence-electron chi connectivity index (χ0n) is 23.0. The maximum Gasteiger partial charge on any atom is 0.330 e. The molecule has 4 rings (SSSR count). The van der Waals surface area contributed by atoms with Crippen LogP contribution in [-0.2, 0) is 37.8 Å². The number of nitrogens with two attached hydrogens (primary N) is 1. The second-order valence-electron chi connectivity index (χ2n) is 8.68. The zero-order valence-corrected chi connectivity index (χ0v) is 26.3. The van der Waals surface area contributed by atoms with Gasteiger partial charge < -0.3 is 15.0 Å². The van der Waals surface area contributed by atoms with Gasteiger partial charge in [-0.2, -0.15) is 18.6 Å². The minimum Gasteiger partial charge on any atom is -0.505 e. The number of phenols is 1. The van der Waals surface area contributed by atoms with E-state index in [1.54, 1.807) is 36.4 Å². The van der Waals surface area contributed by atoms with Crippen LogP contribution in [0.3, 0.4) is 0 Å². The minimum absolute atomic E-state index is 0.00921. The lowest BCUT2D eigenvalue weighted by atomic mass is 10.1. The van der Waals surface area contributed by atoms with Crippen LogP contribution >= 0.6 is 36.1 Å². The minimum atomic E-state index is -4.89. The van der Waals surface area contributed by atoms with E-state index >= 15 is 0 Å². The van der Waals surface area contributed by atoms with Crippen molar-refractivity contribution >= 4 is 91.4 Å². The molecule has 21 heteroatoms. The molecule has 0 radical (unpaired) electrons. The van der Waals surface area contributed by atoms with Crippen LogP contribution in [0.1, 0.15) is 5.56 Å². The van der Waals surface area contributed by atoms with Crippen molar-refractivity contribution in [1.29, 1.82) is 0 Å². The van der Waals surface area contributed by atoms with Gasteiger partial charge in [0.1, 0.15) is 22.0 Å². The van der Waals surface area contributed by atoms with Gasteiger partial charge in [0.15, 0.2) is 5.75 Å². The van der Waals surface area contributed by atoms with E-state index in [2.05, 4.69) is 39.2 Å². The number of nitrogens with zero attached hydrogens (tertiary/aromatic N) is 4. The molecule has 0 saturated carbocycles. The fourth-order valence-corrected chi connectivity index (χ4v) is 5.61. The lowest BCUT2D eigenvalue weighted by Gasteiger charge is -2.14. The van der Waals surface area contributed by atoms with Crippen LogP contribution < -0.4 is 5.73 Å². The molecule has 6 N–H and O–H groups in total. The van der Waals surface area contributed by atoms with Crippen LogP contribution in [-0.4, -0.2) is 40.3 Å². The zero-order chi connectivity index (χ0) is 33.3. The van der Waals surface area contributed by atoms with Crippen molar-refractivity contribution in [1.82, 2.24) is 0 Å². The van der Waals surface area contributed by atoms with E-state index in [1.165, 1.54) is 18.2 Å². The summed E-state index contributed by atoms with van der Waals surface area (Å²) in [7, 11) is -4.89. The molecule has 0 bridgehead atoms. The number of carbonyl (C=O) groups excluding carboxylic acids is 1. The number of carbonyl (C=O) groups is 1. The first kappa shape index (κ1) is 35.0. The Morgan fingerprint density at radius 3 is 2.09 bits per heavy atom. The normalized spacial score (nSPS) is 12.0. The number of aryl methyl sites for hydroxylation is 1. The van der Waals surface area contributed by atoms with E-state index in [1.807, 2.05) is 6.92 Å². The number of azo groups is 2. The van der Waals surface area contributed by atoms with E-state index in [9.17, 15) is 22.9 Å². The van der Waals surface area contributed by atoms with Crippen molar-refractivity contribution in [2.24, 2.45) is 20.5 Å². The summed E-state index contributed by atoms with van der Waals surface area (Å²) >= 11 is 1.67. The molecule has 0 aliphatic rings. The third kappa shape index (κ3) is 9.11. The number of hydrogen-bond acceptors (Lipinski definition) is 19. The molecule has 242 valence electrons. The van der Waals surface area contributed by atoms with Crippen molar-refractivity contribution in [3.05, 3.63) is 66.2 Å². The molecule has 0 aliphatic carbocycles. The number of anilines is 1. The molecule has 0 unspecified atom stereocenters. The van der Waals surface area contributed by atoms with Gasteiger partial charge in [0.2, 0.25) is 0 Å². The number of fused-ring (bicyclic) bond motifs is 1. The first-order valence-electron chi connectivity index (χ1n) is 12.2. The summed E-state index contributed by atoms with van der Waals surface area (Å²) in [5.74, 6) is -1.49. The van der Waals surface area contributed by atoms with Crippen LogP contribution in [0.2, 0.25) is 0 Å². The predicted octanol–water partition coefficient (Wildman–Crippen LogP) is 7.56. The third-order valence-electron chi connectivity index (χ3n) is 5.63. The van der Waals surface area contributed by atoms with E-state index in [-0.39, 0.29) is 38.5 Å². The van der Waals surface area contributed by atoms with Crippen LogP contribution in [0.25, 0.3) is 10.8 Å². The maximum atomic E-state index is 12.3. The maximum absolute atomic E-state index is 12.3. The number of hydrogen-bond donors (Lipinski definition) is 5. The predicted molar refractivity (Wildman–Crippen MR) is 166 cm³/mol. The van der Waals surface area contributed by atoms with E-state index < -0.39 is 32.4 Å². The third-order valence-corrected chi connectivity index (χ3v) is 8.37. The largest absolute Gasteiger partial charge is 0.505 e. The highest BCUT2D eigenvalue weighted by Gasteiger charge is 2.25. The summed E-state index contributed by atoms with van der Waals surface area (Å²) in [4.78, 5) is 11.5. The number of benzene rings is 4. The summed E-state index contributed by atoms with van der Waals surface area (Å²) in [6, 6.07) is 15.3. The van der Waals surface area contributed by atoms with E-state index in [4.69, 9.17) is 20.4 Å². The summed E-state index contributed by atoms with van der Waals surface area (Å²) in [6.07, 6.45) is 0. The van der Waals surface area contributed by atoms with Crippen LogP contribution in [0.5, 0.6) is 5.75 Å². The Labute approximate surface area is 272 Å². The van der Waals surface area contributed by atoms with Gasteiger partial charge in [-0.1, -0.05) is 27.8 Å². The van der Waals surface area contributed by atoms with Gasteiger partial charge in [-0.25, -0.2) is 10.5 Å². The quantitative estimate of drug-likeness (QED) is 0.0161. The van der Waals surface area contributed by atoms with Gasteiger partial charge in [-0.05, 0) is 60.8 Å². The topological polar surface area (TPSA) is 254 Å². The van der Waals surface area contributed by atoms with Crippen molar-refractivity contribution in [2.75, 3.05) is 11.5 Å². The second kappa shape index (κ2) is 16.1. The van der Waals surface area contributed by atoms with Crippen molar-refractivity contribution in [3.8, 4) is 5.75 Å². The molecule has 0 fully saturated rings. The van der Waals surface area contributed by atoms with E-state index in [0.29, 0.717) is 34.7 Å². The lowest BCUT2D eigenvalue weighted by Crippen LogP contribution is -2.02. The van der Waals surface area contributed by atoms with Crippen LogP contribution in [0.4, 0.5) is 28.4 Å². The van der Waals surface area contributed by atoms with Crippen molar-refractivity contribution in [3.63, 3.8) is 0 Å². The van der Waals surface area contributed by atoms with Gasteiger partial charge in [0, 0.05) is 16.9 Å². The number of rotatable bonds is 14. The Morgan fingerprint density at radius 1 is 0.870 bits per heavy atom. The second-order valence-corrected chi connectivity index (χ2v) is 12.3. The van der Waals surface area contributed by atoms with Gasteiger partial charge in [-0.3, -0.25) is 9.35 Å². The number of aromatic hydroxyl groups is 1. The molecule has 0 heterocycles. The first-order chi connectivity index (χ1) is 22.0. The number of nitrogen functional groups attached to an aromatic ring is 1. The molecule has 46 heavy (non-hydrogen) atoms. The molecule has 0 amide bonds. The highest BCUT2D eigenvalue weighted by Crippen LogP contribution is 2.49. The Bertz CT molecular complexity index is 1880. The fraction of sp³-hybridized carbons (Fsp3) is 0.0800. The van der Waals surface area contributed by atoms with Crippen LogP contribution in [0.15, 0.2) is 95.8 Å². The summed E-state index contributed by atoms with van der Waals surface area (Å²) in [5.41, 5.74) is 6.90. The highest BCUT2D eigenvalue weighted by atomic mass is 32.2. The molecular weight excluding hydrogens is 691 g/mol. The Morgan fingerprint density at radius 2 is 1.48 bits per heavy atom. The molecule has 0 atom stereocenters. The van der Waals surface area contributed by atoms with E-state index in [0.717, 1.165) is 23.7 Å². The molecular formula is C25H21N5O12S4. The first-order valence-corrected chi connectivity index (χ1v) is 16.1. The monoisotopic (exact) mass is 711 g/mol. The van der Waals surface area contributed by atoms with Gasteiger partial charge in [-0.15, -0.1) is 18.9 Å². The molecule has 4 aromatic rings. The summed E-state index contributed by atoms with van der Waals surface area (Å²) in [5, 5.41) is 51.2. The smallest absolute Gasteiger partial charge is 0.330 e. The molecule has 0 spiro atoms. The fourth-order valence-electron chi connectivity index (χ4n) is 3.63. The number of phenolic OH excluding ortho intramolecular Hbond substituents is 1. The SMILES string of the molecule is Cc1ccc(N=Nc2c(S(=O)(=O)O)cc3cc(SOOO)c(N=Nc4ccc(SOC(=O)CSOOO)cc4)c(O)c3c2N)cc1. The molecule has 17 nitrogen and oxygen atoms in total. The lowest BCUT2D eigenvalue weighted by molar-refractivity contribution is -0.432. The summed E-state index contributed by atoms with van der Waals surface area (Å²) in [6.45, 7) is 1.87. The summed E-state index contributed by atoms with van der Waals surface area (Å²) < 4.78 is 48.1. The average molecular weight is 712 g/mol.